The van der Waals surface area contributed by atoms with Gasteiger partial charge in [-0.2, -0.15) is 0 Å². The molecule has 1 aromatic heterocycles. The topological polar surface area (TPSA) is 38.0 Å². The Bertz CT molecular complexity index is 536. The van der Waals surface area contributed by atoms with E-state index in [0.29, 0.717) is 5.82 Å². The molecule has 1 atom stereocenters. The molecule has 4 heteroatoms. The average molecular weight is 248 g/mol. The van der Waals surface area contributed by atoms with E-state index in [-0.39, 0.29) is 5.56 Å². The van der Waals surface area contributed by atoms with Crippen molar-refractivity contribution in [3.8, 4) is 0 Å². The molecule has 0 saturated carbocycles. The first kappa shape index (κ1) is 12.8. The van der Waals surface area contributed by atoms with Gasteiger partial charge < -0.3 is 9.67 Å². The van der Waals surface area contributed by atoms with Crippen molar-refractivity contribution in [1.29, 1.82) is 0 Å². The molecule has 2 aromatic rings. The van der Waals surface area contributed by atoms with Crippen molar-refractivity contribution in [3.05, 3.63) is 53.4 Å². The first-order valence-electron chi connectivity index (χ1n) is 6.08. The Morgan fingerprint density at radius 2 is 2.22 bits per heavy atom. The molecular formula is C14H17FN2O. The van der Waals surface area contributed by atoms with Crippen molar-refractivity contribution in [1.82, 2.24) is 9.55 Å². The molecule has 0 amide bonds. The van der Waals surface area contributed by atoms with E-state index in [4.69, 9.17) is 0 Å². The first-order chi connectivity index (χ1) is 8.63. The molecule has 0 aliphatic rings. The van der Waals surface area contributed by atoms with E-state index in [1.165, 1.54) is 6.07 Å². The Balaban J connectivity index is 2.38. The van der Waals surface area contributed by atoms with Crippen molar-refractivity contribution in [2.75, 3.05) is 0 Å². The summed E-state index contributed by atoms with van der Waals surface area (Å²) >= 11 is 0. The molecule has 3 nitrogen and oxygen atoms in total. The minimum Gasteiger partial charge on any atom is -0.380 e. The number of nitrogens with zero attached hydrogens (tertiary/aromatic N) is 2. The molecule has 1 aromatic carbocycles. The summed E-state index contributed by atoms with van der Waals surface area (Å²) in [6.45, 7) is 4.68. The summed E-state index contributed by atoms with van der Waals surface area (Å²) in [5.74, 6) is 0.0838. The van der Waals surface area contributed by atoms with Gasteiger partial charge in [0.05, 0.1) is 0 Å². The smallest absolute Gasteiger partial charge is 0.142 e. The van der Waals surface area contributed by atoms with Crippen LogP contribution in [-0.2, 0) is 6.54 Å². The summed E-state index contributed by atoms with van der Waals surface area (Å²) in [6.07, 6.45) is 3.34. The second-order valence-corrected chi connectivity index (χ2v) is 4.41. The lowest BCUT2D eigenvalue weighted by Crippen LogP contribution is -2.11. The third kappa shape index (κ3) is 2.43. The van der Waals surface area contributed by atoms with E-state index in [2.05, 4.69) is 4.98 Å². The summed E-state index contributed by atoms with van der Waals surface area (Å²) in [5.41, 5.74) is 1.19. The number of hydrogen-bond acceptors (Lipinski definition) is 2. The molecule has 0 saturated heterocycles. The van der Waals surface area contributed by atoms with Crippen molar-refractivity contribution in [2.45, 2.75) is 32.9 Å². The number of aromatic nitrogens is 2. The fraction of sp³-hybridized carbons (Fsp3) is 0.357. The van der Waals surface area contributed by atoms with Crippen molar-refractivity contribution < 1.29 is 9.50 Å². The summed E-state index contributed by atoms with van der Waals surface area (Å²) < 4.78 is 15.6. The Morgan fingerprint density at radius 3 is 2.94 bits per heavy atom. The molecule has 0 aliphatic carbocycles. The summed E-state index contributed by atoms with van der Waals surface area (Å²) in [6, 6.07) is 4.72. The highest BCUT2D eigenvalue weighted by Crippen LogP contribution is 2.24. The fourth-order valence-electron chi connectivity index (χ4n) is 2.01. The molecule has 18 heavy (non-hydrogen) atoms. The minimum absolute atomic E-state index is 0.276. The molecule has 1 heterocycles. The molecule has 0 radical (unpaired) electrons. The van der Waals surface area contributed by atoms with Crippen LogP contribution < -0.4 is 0 Å². The number of aliphatic hydroxyl groups is 1. The predicted molar refractivity (Wildman–Crippen MR) is 67.7 cm³/mol. The zero-order valence-electron chi connectivity index (χ0n) is 10.6. The van der Waals surface area contributed by atoms with Crippen LogP contribution in [0.1, 0.15) is 36.4 Å². The number of benzene rings is 1. The van der Waals surface area contributed by atoms with Crippen LogP contribution in [0.15, 0.2) is 30.6 Å². The van der Waals surface area contributed by atoms with Gasteiger partial charge in [-0.05, 0) is 19.4 Å². The number of aryl methyl sites for hydroxylation is 2. The zero-order valence-corrected chi connectivity index (χ0v) is 10.6. The molecule has 1 unspecified atom stereocenters. The largest absolute Gasteiger partial charge is 0.380 e. The molecular weight excluding hydrogens is 231 g/mol. The van der Waals surface area contributed by atoms with Gasteiger partial charge in [-0.25, -0.2) is 9.37 Å². The van der Waals surface area contributed by atoms with Gasteiger partial charge in [-0.3, -0.25) is 0 Å². The molecule has 1 N–H and O–H groups in total. The summed E-state index contributed by atoms with van der Waals surface area (Å²) in [5, 5.41) is 10.3. The van der Waals surface area contributed by atoms with E-state index >= 15 is 0 Å². The maximum atomic E-state index is 13.7. The van der Waals surface area contributed by atoms with Crippen molar-refractivity contribution >= 4 is 0 Å². The highest BCUT2D eigenvalue weighted by molar-refractivity contribution is 5.29. The highest BCUT2D eigenvalue weighted by Gasteiger charge is 2.19. The Labute approximate surface area is 106 Å². The van der Waals surface area contributed by atoms with Gasteiger partial charge in [-0.15, -0.1) is 0 Å². The molecule has 96 valence electrons. The molecule has 0 bridgehead atoms. The van der Waals surface area contributed by atoms with Crippen molar-refractivity contribution in [2.24, 2.45) is 0 Å². The summed E-state index contributed by atoms with van der Waals surface area (Å²) in [4.78, 5) is 4.13. The Kier molecular flexibility index (Phi) is 3.77. The van der Waals surface area contributed by atoms with E-state index in [1.807, 2.05) is 18.4 Å². The fourth-order valence-corrected chi connectivity index (χ4v) is 2.01. The van der Waals surface area contributed by atoms with Crippen LogP contribution in [0.4, 0.5) is 4.39 Å². The van der Waals surface area contributed by atoms with Gasteiger partial charge in [0.15, 0.2) is 0 Å². The van der Waals surface area contributed by atoms with Crippen LogP contribution in [0.3, 0.4) is 0 Å². The third-order valence-electron chi connectivity index (χ3n) is 2.90. The lowest BCUT2D eigenvalue weighted by molar-refractivity contribution is 0.199. The van der Waals surface area contributed by atoms with Crippen molar-refractivity contribution in [3.63, 3.8) is 0 Å². The Morgan fingerprint density at radius 1 is 1.44 bits per heavy atom. The number of imidazole rings is 1. The van der Waals surface area contributed by atoms with E-state index in [9.17, 15) is 9.50 Å². The maximum Gasteiger partial charge on any atom is 0.142 e. The van der Waals surface area contributed by atoms with E-state index in [1.54, 1.807) is 24.5 Å². The second kappa shape index (κ2) is 5.31. The van der Waals surface area contributed by atoms with Crippen LogP contribution in [0.5, 0.6) is 0 Å². The van der Waals surface area contributed by atoms with Gasteiger partial charge in [-0.1, -0.05) is 24.6 Å². The van der Waals surface area contributed by atoms with E-state index in [0.717, 1.165) is 18.5 Å². The maximum absolute atomic E-state index is 13.7. The van der Waals surface area contributed by atoms with Gasteiger partial charge in [0.25, 0.3) is 0 Å². The number of aliphatic hydroxyl groups excluding tert-OH is 1. The number of rotatable bonds is 4. The number of halogens is 1. The SMILES string of the molecule is CCCn1ccnc1C(O)c1cc(C)ccc1F. The molecule has 2 rings (SSSR count). The monoisotopic (exact) mass is 248 g/mol. The molecule has 0 aliphatic heterocycles. The quantitative estimate of drug-likeness (QED) is 0.903. The van der Waals surface area contributed by atoms with Gasteiger partial charge >= 0.3 is 0 Å². The van der Waals surface area contributed by atoms with Crippen LogP contribution in [-0.4, -0.2) is 14.7 Å². The van der Waals surface area contributed by atoms with Crippen LogP contribution >= 0.6 is 0 Å². The normalized spacial score (nSPS) is 12.7. The summed E-state index contributed by atoms with van der Waals surface area (Å²) in [7, 11) is 0. The minimum atomic E-state index is -1.02. The third-order valence-corrected chi connectivity index (χ3v) is 2.90. The second-order valence-electron chi connectivity index (χ2n) is 4.41. The first-order valence-corrected chi connectivity index (χ1v) is 6.08. The molecule has 0 spiro atoms. The van der Waals surface area contributed by atoms with Crippen LogP contribution in [0.2, 0.25) is 0 Å². The lowest BCUT2D eigenvalue weighted by atomic mass is 10.1. The van der Waals surface area contributed by atoms with Crippen LogP contribution in [0, 0.1) is 12.7 Å². The Hall–Kier alpha value is -1.68. The zero-order chi connectivity index (χ0) is 13.1. The highest BCUT2D eigenvalue weighted by atomic mass is 19.1. The van der Waals surface area contributed by atoms with Gasteiger partial charge in [0.2, 0.25) is 0 Å². The molecule has 0 fully saturated rings. The number of hydrogen-bond donors (Lipinski definition) is 1. The van der Waals surface area contributed by atoms with Gasteiger partial charge in [0.1, 0.15) is 17.7 Å². The predicted octanol–water partition coefficient (Wildman–Crippen LogP) is 2.82. The lowest BCUT2D eigenvalue weighted by Gasteiger charge is -2.14. The standard InChI is InChI=1S/C14H17FN2O/c1-3-7-17-8-6-16-14(17)13(18)11-9-10(2)4-5-12(11)15/h4-6,8-9,13,18H,3,7H2,1-2H3. The average Bonchev–Trinajstić information content (AvgIpc) is 2.80. The van der Waals surface area contributed by atoms with Crippen LogP contribution in [0.25, 0.3) is 0 Å². The van der Waals surface area contributed by atoms with E-state index < -0.39 is 11.9 Å². The van der Waals surface area contributed by atoms with Gasteiger partial charge in [0, 0.05) is 24.5 Å².